The molecular weight excluding hydrogens is 352 g/mol. The first kappa shape index (κ1) is 18.6. The van der Waals surface area contributed by atoms with Crippen molar-refractivity contribution in [2.75, 3.05) is 20.2 Å². The number of aromatic amines is 1. The molecule has 1 aliphatic rings. The number of nitrogens with zero attached hydrogens (tertiary/aromatic N) is 3. The number of amides is 1. The minimum atomic E-state index is -0.00341. The molecule has 6 nitrogen and oxygen atoms in total. The first-order valence-electron chi connectivity index (χ1n) is 9.81. The second-order valence-corrected chi connectivity index (χ2v) is 7.69. The van der Waals surface area contributed by atoms with Gasteiger partial charge in [-0.3, -0.25) is 9.89 Å². The van der Waals surface area contributed by atoms with Crippen LogP contribution in [0.4, 0.5) is 0 Å². The van der Waals surface area contributed by atoms with Crippen LogP contribution in [0, 0.1) is 13.8 Å². The fourth-order valence-electron chi connectivity index (χ4n) is 3.94. The van der Waals surface area contributed by atoms with Gasteiger partial charge in [0.05, 0.1) is 29.1 Å². The van der Waals surface area contributed by atoms with Crippen LogP contribution in [0.5, 0.6) is 0 Å². The van der Waals surface area contributed by atoms with Crippen LogP contribution < -0.4 is 0 Å². The summed E-state index contributed by atoms with van der Waals surface area (Å²) in [5.41, 5.74) is 5.33. The molecule has 0 bridgehead atoms. The van der Waals surface area contributed by atoms with Gasteiger partial charge in [0, 0.05) is 37.3 Å². The summed E-state index contributed by atoms with van der Waals surface area (Å²) < 4.78 is 5.82. The van der Waals surface area contributed by atoms with E-state index in [2.05, 4.69) is 16.3 Å². The topological polar surface area (TPSA) is 71.1 Å². The number of aryl methyl sites for hydroxylation is 2. The van der Waals surface area contributed by atoms with E-state index in [0.717, 1.165) is 59.2 Å². The van der Waals surface area contributed by atoms with Gasteiger partial charge in [-0.25, -0.2) is 4.98 Å². The van der Waals surface area contributed by atoms with Crippen molar-refractivity contribution < 1.29 is 9.53 Å². The molecule has 1 fully saturated rings. The van der Waals surface area contributed by atoms with E-state index in [9.17, 15) is 4.79 Å². The Labute approximate surface area is 164 Å². The summed E-state index contributed by atoms with van der Waals surface area (Å²) in [6.07, 6.45) is 6.92. The predicted octanol–water partition coefficient (Wildman–Crippen LogP) is 3.88. The zero-order valence-corrected chi connectivity index (χ0v) is 16.7. The standard InChI is InChI=1S/C22H26N4O2/c1-14-8-15(2)21-18(9-14)19(10-20(25-21)16-11-23-24-12-16)22(27)26(3)13-17-6-4-5-7-28-17/h8-12,17H,4-7,13H2,1-3H3,(H,23,24). The third-order valence-electron chi connectivity index (χ3n) is 5.37. The number of rotatable bonds is 4. The molecule has 0 radical (unpaired) electrons. The van der Waals surface area contributed by atoms with Gasteiger partial charge in [0.1, 0.15) is 0 Å². The van der Waals surface area contributed by atoms with E-state index >= 15 is 0 Å². The fraction of sp³-hybridized carbons (Fsp3) is 0.409. The number of aromatic nitrogens is 3. The highest BCUT2D eigenvalue weighted by atomic mass is 16.5. The van der Waals surface area contributed by atoms with Crippen LogP contribution in [0.1, 0.15) is 40.7 Å². The number of hydrogen-bond acceptors (Lipinski definition) is 4. The maximum atomic E-state index is 13.4. The summed E-state index contributed by atoms with van der Waals surface area (Å²) in [7, 11) is 1.85. The largest absolute Gasteiger partial charge is 0.376 e. The lowest BCUT2D eigenvalue weighted by molar-refractivity contribution is -0.000152. The molecule has 4 rings (SSSR count). The van der Waals surface area contributed by atoms with Crippen molar-refractivity contribution in [2.24, 2.45) is 0 Å². The van der Waals surface area contributed by atoms with Crippen molar-refractivity contribution in [3.63, 3.8) is 0 Å². The molecule has 28 heavy (non-hydrogen) atoms. The fourth-order valence-corrected chi connectivity index (χ4v) is 3.94. The van der Waals surface area contributed by atoms with Crippen LogP contribution in [0.2, 0.25) is 0 Å². The minimum Gasteiger partial charge on any atom is -0.376 e. The molecule has 1 saturated heterocycles. The van der Waals surface area contributed by atoms with Gasteiger partial charge < -0.3 is 9.64 Å². The number of carbonyl (C=O) groups excluding carboxylic acids is 1. The molecule has 1 unspecified atom stereocenters. The molecule has 0 aliphatic carbocycles. The lowest BCUT2D eigenvalue weighted by Crippen LogP contribution is -2.37. The van der Waals surface area contributed by atoms with Gasteiger partial charge in [-0.1, -0.05) is 11.6 Å². The van der Waals surface area contributed by atoms with Crippen LogP contribution in [0.3, 0.4) is 0 Å². The molecule has 1 N–H and O–H groups in total. The van der Waals surface area contributed by atoms with E-state index in [1.165, 1.54) is 0 Å². The average molecular weight is 378 g/mol. The van der Waals surface area contributed by atoms with Crippen LogP contribution >= 0.6 is 0 Å². The number of pyridine rings is 1. The van der Waals surface area contributed by atoms with Crippen molar-refractivity contribution in [1.29, 1.82) is 0 Å². The third kappa shape index (κ3) is 3.64. The number of carbonyl (C=O) groups is 1. The second-order valence-electron chi connectivity index (χ2n) is 7.69. The molecule has 1 aromatic carbocycles. The maximum Gasteiger partial charge on any atom is 0.254 e. The summed E-state index contributed by atoms with van der Waals surface area (Å²) >= 11 is 0. The lowest BCUT2D eigenvalue weighted by Gasteiger charge is -2.28. The smallest absolute Gasteiger partial charge is 0.254 e. The van der Waals surface area contributed by atoms with E-state index in [0.29, 0.717) is 12.1 Å². The number of ether oxygens (including phenoxy) is 1. The molecule has 2 aromatic heterocycles. The summed E-state index contributed by atoms with van der Waals surface area (Å²) in [6.45, 7) is 5.47. The second kappa shape index (κ2) is 7.72. The molecule has 6 heteroatoms. The van der Waals surface area contributed by atoms with Crippen molar-refractivity contribution in [2.45, 2.75) is 39.2 Å². The summed E-state index contributed by atoms with van der Waals surface area (Å²) in [6, 6.07) is 6.03. The number of nitrogens with one attached hydrogen (secondary N) is 1. The summed E-state index contributed by atoms with van der Waals surface area (Å²) in [4.78, 5) is 20.0. The zero-order valence-electron chi connectivity index (χ0n) is 16.7. The first-order chi connectivity index (χ1) is 13.5. The van der Waals surface area contributed by atoms with Crippen molar-refractivity contribution >= 4 is 16.8 Å². The normalized spacial score (nSPS) is 17.0. The number of likely N-dealkylation sites (N-methyl/N-ethyl adjacent to an activating group) is 1. The number of H-pyrrole nitrogens is 1. The molecule has 0 saturated carbocycles. The quantitative estimate of drug-likeness (QED) is 0.748. The average Bonchev–Trinajstić information content (AvgIpc) is 3.22. The molecule has 3 aromatic rings. The van der Waals surface area contributed by atoms with E-state index in [1.54, 1.807) is 17.3 Å². The Morgan fingerprint density at radius 3 is 2.86 bits per heavy atom. The van der Waals surface area contributed by atoms with E-state index in [1.807, 2.05) is 33.0 Å². The van der Waals surface area contributed by atoms with Crippen molar-refractivity contribution in [1.82, 2.24) is 20.1 Å². The number of fused-ring (bicyclic) bond motifs is 1. The predicted molar refractivity (Wildman–Crippen MR) is 109 cm³/mol. The van der Waals surface area contributed by atoms with Crippen LogP contribution in [-0.2, 0) is 4.74 Å². The zero-order chi connectivity index (χ0) is 19.7. The van der Waals surface area contributed by atoms with E-state index in [-0.39, 0.29) is 12.0 Å². The first-order valence-corrected chi connectivity index (χ1v) is 9.81. The van der Waals surface area contributed by atoms with Gasteiger partial charge in [0.25, 0.3) is 5.91 Å². The Hall–Kier alpha value is -2.73. The molecule has 0 spiro atoms. The minimum absolute atomic E-state index is 0.00341. The molecule has 1 atom stereocenters. The van der Waals surface area contributed by atoms with E-state index < -0.39 is 0 Å². The summed E-state index contributed by atoms with van der Waals surface area (Å²) in [5.74, 6) is -0.00341. The number of hydrogen-bond donors (Lipinski definition) is 1. The number of benzene rings is 1. The van der Waals surface area contributed by atoms with Gasteiger partial charge in [0.15, 0.2) is 0 Å². The Bertz CT molecular complexity index is 991. The van der Waals surface area contributed by atoms with Gasteiger partial charge in [-0.15, -0.1) is 0 Å². The Kier molecular flexibility index (Phi) is 5.13. The molecular formula is C22H26N4O2. The summed E-state index contributed by atoms with van der Waals surface area (Å²) in [5, 5.41) is 7.74. The maximum absolute atomic E-state index is 13.4. The molecule has 3 heterocycles. The van der Waals surface area contributed by atoms with Crippen LogP contribution in [0.25, 0.3) is 22.2 Å². The van der Waals surface area contributed by atoms with Gasteiger partial charge in [-0.05, 0) is 50.8 Å². The highest BCUT2D eigenvalue weighted by Gasteiger charge is 2.22. The SMILES string of the molecule is Cc1cc(C)c2nc(-c3cn[nH]c3)cc(C(=O)N(C)CC3CCCCO3)c2c1. The Morgan fingerprint density at radius 2 is 2.14 bits per heavy atom. The monoisotopic (exact) mass is 378 g/mol. The lowest BCUT2D eigenvalue weighted by atomic mass is 9.99. The highest BCUT2D eigenvalue weighted by Crippen LogP contribution is 2.28. The van der Waals surface area contributed by atoms with Crippen molar-refractivity contribution in [3.8, 4) is 11.3 Å². The van der Waals surface area contributed by atoms with Gasteiger partial charge in [0.2, 0.25) is 0 Å². The highest BCUT2D eigenvalue weighted by molar-refractivity contribution is 6.07. The molecule has 1 aliphatic heterocycles. The van der Waals surface area contributed by atoms with E-state index in [4.69, 9.17) is 9.72 Å². The Balaban J connectivity index is 1.76. The van der Waals surface area contributed by atoms with Gasteiger partial charge in [-0.2, -0.15) is 5.10 Å². The third-order valence-corrected chi connectivity index (χ3v) is 5.37. The molecule has 1 amide bonds. The molecule has 146 valence electrons. The van der Waals surface area contributed by atoms with Crippen molar-refractivity contribution in [3.05, 3.63) is 47.3 Å². The van der Waals surface area contributed by atoms with Crippen LogP contribution in [-0.4, -0.2) is 52.3 Å². The van der Waals surface area contributed by atoms with Crippen LogP contribution in [0.15, 0.2) is 30.6 Å². The van der Waals surface area contributed by atoms with Gasteiger partial charge >= 0.3 is 0 Å². The Morgan fingerprint density at radius 1 is 1.29 bits per heavy atom.